The van der Waals surface area contributed by atoms with Crippen LogP contribution < -0.4 is 0 Å². The zero-order valence-corrected chi connectivity index (χ0v) is 28.2. The zero-order chi connectivity index (χ0) is 30.7. The third-order valence-corrected chi connectivity index (χ3v) is 8.38. The Kier molecular flexibility index (Phi) is 24.3. The van der Waals surface area contributed by atoms with E-state index < -0.39 is 0 Å². The second kappa shape index (κ2) is 26.8. The summed E-state index contributed by atoms with van der Waals surface area (Å²) >= 11 is 0. The van der Waals surface area contributed by atoms with Crippen LogP contribution in [0.25, 0.3) is 0 Å². The standard InChI is InChI=1S/C38H66O4/c1-5-9-13-17-18-22-26-31-41-37(39)35-30-29-33(27-23-19-14-10-6-2)34(28-24-20-15-11-7-3)36(35)38(40)42-32-25-21-16-12-8-4/h29-30H,5-28,31-32H2,1-4H3. The summed E-state index contributed by atoms with van der Waals surface area (Å²) in [5.41, 5.74) is 3.12. The highest BCUT2D eigenvalue weighted by atomic mass is 16.5. The molecule has 0 saturated heterocycles. The number of carbonyl (C=O) groups excluding carboxylic acids is 2. The van der Waals surface area contributed by atoms with Gasteiger partial charge in [0.05, 0.1) is 24.3 Å². The molecule has 0 aliphatic rings. The summed E-state index contributed by atoms with van der Waals surface area (Å²) in [4.78, 5) is 27.0. The normalized spacial score (nSPS) is 11.1. The second-order valence-electron chi connectivity index (χ2n) is 12.3. The molecule has 0 bridgehead atoms. The molecule has 0 aromatic heterocycles. The van der Waals surface area contributed by atoms with Crippen molar-refractivity contribution in [2.75, 3.05) is 13.2 Å². The van der Waals surface area contributed by atoms with Gasteiger partial charge in [-0.05, 0) is 55.7 Å². The minimum Gasteiger partial charge on any atom is -0.462 e. The lowest BCUT2D eigenvalue weighted by molar-refractivity contribution is 0.0449. The van der Waals surface area contributed by atoms with Crippen molar-refractivity contribution in [1.82, 2.24) is 0 Å². The van der Waals surface area contributed by atoms with Crippen molar-refractivity contribution in [3.63, 3.8) is 0 Å². The van der Waals surface area contributed by atoms with Crippen molar-refractivity contribution in [3.8, 4) is 0 Å². The Morgan fingerprint density at radius 1 is 0.476 bits per heavy atom. The van der Waals surface area contributed by atoms with Gasteiger partial charge in [-0.25, -0.2) is 9.59 Å². The molecular formula is C38H66O4. The first-order valence-electron chi connectivity index (χ1n) is 18.1. The average Bonchev–Trinajstić information content (AvgIpc) is 2.99. The third-order valence-electron chi connectivity index (χ3n) is 8.38. The molecular weight excluding hydrogens is 520 g/mol. The third kappa shape index (κ3) is 17.3. The lowest BCUT2D eigenvalue weighted by atomic mass is 9.89. The van der Waals surface area contributed by atoms with Crippen LogP contribution in [-0.4, -0.2) is 25.2 Å². The lowest BCUT2D eigenvalue weighted by Gasteiger charge is -2.18. The highest BCUT2D eigenvalue weighted by Crippen LogP contribution is 2.26. The molecule has 0 amide bonds. The van der Waals surface area contributed by atoms with Crippen LogP contribution in [-0.2, 0) is 22.3 Å². The Labute approximate surface area is 260 Å². The highest BCUT2D eigenvalue weighted by molar-refractivity contribution is 6.04. The van der Waals surface area contributed by atoms with Crippen LogP contribution in [0, 0.1) is 0 Å². The second-order valence-corrected chi connectivity index (χ2v) is 12.3. The van der Waals surface area contributed by atoms with E-state index in [0.717, 1.165) is 63.4 Å². The van der Waals surface area contributed by atoms with Gasteiger partial charge in [-0.3, -0.25) is 0 Å². The van der Waals surface area contributed by atoms with Gasteiger partial charge in [-0.15, -0.1) is 0 Å². The summed E-state index contributed by atoms with van der Waals surface area (Å²) in [6.45, 7) is 9.72. The molecule has 4 heteroatoms. The zero-order valence-electron chi connectivity index (χ0n) is 28.2. The molecule has 1 aromatic rings. The lowest BCUT2D eigenvalue weighted by Crippen LogP contribution is -2.19. The molecule has 0 spiro atoms. The fourth-order valence-electron chi connectivity index (χ4n) is 5.68. The Balaban J connectivity index is 3.07. The summed E-state index contributed by atoms with van der Waals surface area (Å²) in [5.74, 6) is -0.720. The molecule has 1 aromatic carbocycles. The molecule has 0 aliphatic carbocycles. The van der Waals surface area contributed by atoms with E-state index in [1.54, 1.807) is 0 Å². The van der Waals surface area contributed by atoms with Crippen molar-refractivity contribution in [2.45, 2.75) is 182 Å². The van der Waals surface area contributed by atoms with E-state index in [1.807, 2.05) is 6.07 Å². The molecule has 42 heavy (non-hydrogen) atoms. The number of unbranched alkanes of at least 4 members (excludes halogenated alkanes) is 18. The minimum atomic E-state index is -0.377. The first kappa shape index (κ1) is 38.2. The number of aryl methyl sites for hydroxylation is 1. The van der Waals surface area contributed by atoms with E-state index in [2.05, 4.69) is 33.8 Å². The summed E-state index contributed by atoms with van der Waals surface area (Å²) in [7, 11) is 0. The first-order chi connectivity index (χ1) is 20.6. The number of benzene rings is 1. The SMILES string of the molecule is CCCCCCCCCOC(=O)c1ccc(CCCCCCC)c(CCCCCCC)c1C(=O)OCCCCCCC. The number of hydrogen-bond donors (Lipinski definition) is 0. The molecule has 0 atom stereocenters. The first-order valence-corrected chi connectivity index (χ1v) is 18.1. The molecule has 0 N–H and O–H groups in total. The van der Waals surface area contributed by atoms with Crippen molar-refractivity contribution < 1.29 is 19.1 Å². The number of esters is 2. The van der Waals surface area contributed by atoms with Crippen LogP contribution in [0.15, 0.2) is 12.1 Å². The topological polar surface area (TPSA) is 52.6 Å². The van der Waals surface area contributed by atoms with Crippen LogP contribution in [0.5, 0.6) is 0 Å². The van der Waals surface area contributed by atoms with Gasteiger partial charge in [0.2, 0.25) is 0 Å². The summed E-state index contributed by atoms with van der Waals surface area (Å²) in [5, 5.41) is 0. The number of ether oxygens (including phenoxy) is 2. The molecule has 0 saturated carbocycles. The molecule has 4 nitrogen and oxygen atoms in total. The van der Waals surface area contributed by atoms with Crippen molar-refractivity contribution in [2.24, 2.45) is 0 Å². The maximum atomic E-state index is 13.7. The summed E-state index contributed by atoms with van der Waals surface area (Å²) < 4.78 is 11.6. The molecule has 0 fully saturated rings. The van der Waals surface area contributed by atoms with E-state index in [9.17, 15) is 9.59 Å². The maximum absolute atomic E-state index is 13.7. The van der Waals surface area contributed by atoms with E-state index in [4.69, 9.17) is 9.47 Å². The average molecular weight is 587 g/mol. The Morgan fingerprint density at radius 3 is 1.38 bits per heavy atom. The monoisotopic (exact) mass is 586 g/mol. The summed E-state index contributed by atoms with van der Waals surface area (Å²) in [6.07, 6.45) is 27.3. The van der Waals surface area contributed by atoms with Gasteiger partial charge in [0.25, 0.3) is 0 Å². The molecule has 0 heterocycles. The van der Waals surface area contributed by atoms with Gasteiger partial charge in [-0.1, -0.05) is 149 Å². The Bertz CT molecular complexity index is 816. The minimum absolute atomic E-state index is 0.343. The molecule has 0 unspecified atom stereocenters. The van der Waals surface area contributed by atoms with Crippen LogP contribution in [0.1, 0.15) is 201 Å². The Hall–Kier alpha value is -1.84. The van der Waals surface area contributed by atoms with Crippen LogP contribution in [0.3, 0.4) is 0 Å². The number of rotatable bonds is 28. The Morgan fingerprint density at radius 2 is 0.881 bits per heavy atom. The fourth-order valence-corrected chi connectivity index (χ4v) is 5.68. The van der Waals surface area contributed by atoms with Gasteiger partial charge < -0.3 is 9.47 Å². The highest BCUT2D eigenvalue weighted by Gasteiger charge is 2.25. The van der Waals surface area contributed by atoms with E-state index in [0.29, 0.717) is 24.3 Å². The number of hydrogen-bond acceptors (Lipinski definition) is 4. The molecule has 1 rings (SSSR count). The van der Waals surface area contributed by atoms with E-state index >= 15 is 0 Å². The summed E-state index contributed by atoms with van der Waals surface area (Å²) in [6, 6.07) is 3.93. The van der Waals surface area contributed by atoms with Crippen LogP contribution in [0.4, 0.5) is 0 Å². The molecule has 242 valence electrons. The quantitative estimate of drug-likeness (QED) is 0.0724. The smallest absolute Gasteiger partial charge is 0.339 e. The van der Waals surface area contributed by atoms with Gasteiger partial charge in [0, 0.05) is 0 Å². The predicted octanol–water partition coefficient (Wildman–Crippen LogP) is 11.7. The number of carbonyl (C=O) groups is 2. The largest absolute Gasteiger partial charge is 0.462 e. The van der Waals surface area contributed by atoms with Crippen molar-refractivity contribution in [1.29, 1.82) is 0 Å². The van der Waals surface area contributed by atoms with Gasteiger partial charge in [0.1, 0.15) is 0 Å². The fraction of sp³-hybridized carbons (Fsp3) is 0.789. The van der Waals surface area contributed by atoms with E-state index in [1.165, 1.54) is 102 Å². The van der Waals surface area contributed by atoms with Crippen LogP contribution in [0.2, 0.25) is 0 Å². The van der Waals surface area contributed by atoms with Crippen LogP contribution >= 0.6 is 0 Å². The van der Waals surface area contributed by atoms with Gasteiger partial charge in [-0.2, -0.15) is 0 Å². The van der Waals surface area contributed by atoms with E-state index in [-0.39, 0.29) is 11.9 Å². The molecule has 0 aliphatic heterocycles. The maximum Gasteiger partial charge on any atom is 0.339 e. The van der Waals surface area contributed by atoms with Gasteiger partial charge in [0.15, 0.2) is 0 Å². The molecule has 0 radical (unpaired) electrons. The van der Waals surface area contributed by atoms with Crippen molar-refractivity contribution in [3.05, 3.63) is 34.4 Å². The van der Waals surface area contributed by atoms with Crippen molar-refractivity contribution >= 4 is 11.9 Å². The van der Waals surface area contributed by atoms with Gasteiger partial charge >= 0.3 is 11.9 Å². The predicted molar refractivity (Wildman–Crippen MR) is 179 cm³/mol.